The predicted molar refractivity (Wildman–Crippen MR) is 106 cm³/mol. The van der Waals surface area contributed by atoms with Gasteiger partial charge in [0.25, 0.3) is 0 Å². The van der Waals surface area contributed by atoms with E-state index in [0.717, 1.165) is 37.5 Å². The second-order valence-electron chi connectivity index (χ2n) is 6.95. The lowest BCUT2D eigenvalue weighted by molar-refractivity contribution is -0.132. The number of nitrogens with zero attached hydrogens (tertiary/aromatic N) is 2. The summed E-state index contributed by atoms with van der Waals surface area (Å²) in [6.45, 7) is 10.1. The van der Waals surface area contributed by atoms with E-state index in [1.165, 1.54) is 16.8 Å². The Labute approximate surface area is 156 Å². The van der Waals surface area contributed by atoms with Crippen molar-refractivity contribution in [2.24, 2.45) is 0 Å². The molecule has 0 bridgehead atoms. The molecule has 2 aromatic carbocycles. The summed E-state index contributed by atoms with van der Waals surface area (Å²) in [7, 11) is 0. The molecule has 0 atom stereocenters. The molecule has 1 aliphatic heterocycles. The fourth-order valence-electron chi connectivity index (χ4n) is 3.40. The Kier molecular flexibility index (Phi) is 5.82. The Morgan fingerprint density at radius 1 is 0.923 bits per heavy atom. The highest BCUT2D eigenvalue weighted by Crippen LogP contribution is 2.24. The van der Waals surface area contributed by atoms with Gasteiger partial charge in [0.15, 0.2) is 0 Å². The van der Waals surface area contributed by atoms with E-state index in [1.54, 1.807) is 0 Å². The molecule has 3 rings (SSSR count). The molecule has 4 heteroatoms. The van der Waals surface area contributed by atoms with Gasteiger partial charge in [-0.15, -0.1) is 0 Å². The summed E-state index contributed by atoms with van der Waals surface area (Å²) in [6.07, 6.45) is 0.428. The number of rotatable bonds is 5. The van der Waals surface area contributed by atoms with Crippen LogP contribution in [0, 0.1) is 20.8 Å². The van der Waals surface area contributed by atoms with E-state index in [2.05, 4.69) is 36.9 Å². The molecule has 1 heterocycles. The van der Waals surface area contributed by atoms with Gasteiger partial charge in [0.05, 0.1) is 13.0 Å². The zero-order valence-corrected chi connectivity index (χ0v) is 16.0. The molecule has 4 nitrogen and oxygen atoms in total. The van der Waals surface area contributed by atoms with Crippen LogP contribution in [0.4, 0.5) is 5.69 Å². The van der Waals surface area contributed by atoms with Gasteiger partial charge < -0.3 is 14.5 Å². The highest BCUT2D eigenvalue weighted by atomic mass is 16.5. The van der Waals surface area contributed by atoms with Crippen LogP contribution in [0.5, 0.6) is 5.75 Å². The number of aryl methyl sites for hydroxylation is 2. The summed E-state index contributed by atoms with van der Waals surface area (Å²) >= 11 is 0. The fourth-order valence-corrected chi connectivity index (χ4v) is 3.40. The Balaban J connectivity index is 1.48. The standard InChI is InChI=1S/C22H28N2O2/c1-17-8-6-9-20(19(17)3)23-12-14-24(15-13-23)22(25)11-16-26-21-10-5-4-7-18(21)2/h4-10H,11-16H2,1-3H3. The molecule has 138 valence electrons. The van der Waals surface area contributed by atoms with Gasteiger partial charge in [0, 0.05) is 31.9 Å². The first-order valence-electron chi connectivity index (χ1n) is 9.33. The summed E-state index contributed by atoms with van der Waals surface area (Å²) in [5.74, 6) is 1.04. The summed E-state index contributed by atoms with van der Waals surface area (Å²) in [5, 5.41) is 0. The van der Waals surface area contributed by atoms with Crippen molar-refractivity contribution in [1.82, 2.24) is 4.90 Å². The first kappa shape index (κ1) is 18.3. The zero-order chi connectivity index (χ0) is 18.5. The van der Waals surface area contributed by atoms with Gasteiger partial charge in [0.2, 0.25) is 5.91 Å². The van der Waals surface area contributed by atoms with Crippen LogP contribution in [0.25, 0.3) is 0 Å². The summed E-state index contributed by atoms with van der Waals surface area (Å²) in [5.41, 5.74) is 5.04. The van der Waals surface area contributed by atoms with E-state index in [0.29, 0.717) is 13.0 Å². The number of anilines is 1. The van der Waals surface area contributed by atoms with E-state index in [1.807, 2.05) is 36.1 Å². The van der Waals surface area contributed by atoms with Crippen LogP contribution in [-0.4, -0.2) is 43.6 Å². The molecule has 1 amide bonds. The van der Waals surface area contributed by atoms with Crippen LogP contribution < -0.4 is 9.64 Å². The zero-order valence-electron chi connectivity index (χ0n) is 16.0. The first-order chi connectivity index (χ1) is 12.6. The third kappa shape index (κ3) is 4.18. The molecule has 1 fully saturated rings. The predicted octanol–water partition coefficient (Wildman–Crippen LogP) is 3.73. The lowest BCUT2D eigenvalue weighted by Crippen LogP contribution is -2.49. The summed E-state index contributed by atoms with van der Waals surface area (Å²) in [4.78, 5) is 16.8. The van der Waals surface area contributed by atoms with Crippen molar-refractivity contribution in [3.63, 3.8) is 0 Å². The van der Waals surface area contributed by atoms with E-state index in [9.17, 15) is 4.79 Å². The normalized spacial score (nSPS) is 14.4. The molecule has 0 aromatic heterocycles. The molecule has 0 N–H and O–H groups in total. The number of hydrogen-bond donors (Lipinski definition) is 0. The minimum atomic E-state index is 0.180. The van der Waals surface area contributed by atoms with Crippen LogP contribution in [-0.2, 0) is 4.79 Å². The number of carbonyl (C=O) groups excluding carboxylic acids is 1. The molecule has 2 aromatic rings. The van der Waals surface area contributed by atoms with Gasteiger partial charge in [-0.25, -0.2) is 0 Å². The Morgan fingerprint density at radius 2 is 1.62 bits per heavy atom. The quantitative estimate of drug-likeness (QED) is 0.822. The van der Waals surface area contributed by atoms with Crippen LogP contribution in [0.1, 0.15) is 23.1 Å². The Hall–Kier alpha value is -2.49. The number of carbonyl (C=O) groups is 1. The van der Waals surface area contributed by atoms with Crippen molar-refractivity contribution in [2.45, 2.75) is 27.2 Å². The molecule has 0 spiro atoms. The van der Waals surface area contributed by atoms with Crippen molar-refractivity contribution < 1.29 is 9.53 Å². The highest BCUT2D eigenvalue weighted by Gasteiger charge is 2.22. The highest BCUT2D eigenvalue weighted by molar-refractivity contribution is 5.76. The largest absolute Gasteiger partial charge is 0.493 e. The van der Waals surface area contributed by atoms with Crippen molar-refractivity contribution in [3.05, 3.63) is 59.2 Å². The molecule has 0 unspecified atom stereocenters. The number of hydrogen-bond acceptors (Lipinski definition) is 3. The lowest BCUT2D eigenvalue weighted by Gasteiger charge is -2.37. The van der Waals surface area contributed by atoms with Crippen molar-refractivity contribution in [1.29, 1.82) is 0 Å². The average Bonchev–Trinajstić information content (AvgIpc) is 2.65. The van der Waals surface area contributed by atoms with Gasteiger partial charge in [-0.3, -0.25) is 4.79 Å². The number of para-hydroxylation sites is 1. The van der Waals surface area contributed by atoms with Crippen molar-refractivity contribution >= 4 is 11.6 Å². The van der Waals surface area contributed by atoms with E-state index in [4.69, 9.17) is 4.74 Å². The topological polar surface area (TPSA) is 32.8 Å². The van der Waals surface area contributed by atoms with Crippen LogP contribution in [0.15, 0.2) is 42.5 Å². The number of ether oxygens (including phenoxy) is 1. The second kappa shape index (κ2) is 8.26. The molecular weight excluding hydrogens is 324 g/mol. The summed E-state index contributed by atoms with van der Waals surface area (Å²) in [6, 6.07) is 14.3. The van der Waals surface area contributed by atoms with Crippen LogP contribution in [0.3, 0.4) is 0 Å². The maximum atomic E-state index is 12.5. The lowest BCUT2D eigenvalue weighted by atomic mass is 10.1. The van der Waals surface area contributed by atoms with Gasteiger partial charge in [-0.2, -0.15) is 0 Å². The SMILES string of the molecule is Cc1ccccc1OCCC(=O)N1CCN(c2cccc(C)c2C)CC1. The molecule has 0 saturated carbocycles. The summed E-state index contributed by atoms with van der Waals surface area (Å²) < 4.78 is 5.76. The van der Waals surface area contributed by atoms with Crippen LogP contribution >= 0.6 is 0 Å². The number of benzene rings is 2. The van der Waals surface area contributed by atoms with Gasteiger partial charge >= 0.3 is 0 Å². The molecule has 26 heavy (non-hydrogen) atoms. The minimum absolute atomic E-state index is 0.180. The molecule has 0 radical (unpaired) electrons. The maximum absolute atomic E-state index is 12.5. The van der Waals surface area contributed by atoms with Gasteiger partial charge in [-0.05, 0) is 49.6 Å². The molecular formula is C22H28N2O2. The van der Waals surface area contributed by atoms with Crippen molar-refractivity contribution in [2.75, 3.05) is 37.7 Å². The van der Waals surface area contributed by atoms with Gasteiger partial charge in [-0.1, -0.05) is 30.3 Å². The van der Waals surface area contributed by atoms with Crippen LogP contribution in [0.2, 0.25) is 0 Å². The van der Waals surface area contributed by atoms with Gasteiger partial charge in [0.1, 0.15) is 5.75 Å². The number of amides is 1. The van der Waals surface area contributed by atoms with E-state index >= 15 is 0 Å². The third-order valence-electron chi connectivity index (χ3n) is 5.22. The molecule has 0 aliphatic carbocycles. The van der Waals surface area contributed by atoms with Crippen molar-refractivity contribution in [3.8, 4) is 5.75 Å². The monoisotopic (exact) mass is 352 g/mol. The Morgan fingerprint density at radius 3 is 2.35 bits per heavy atom. The molecule has 1 aliphatic rings. The van der Waals surface area contributed by atoms with E-state index in [-0.39, 0.29) is 5.91 Å². The molecule has 1 saturated heterocycles. The smallest absolute Gasteiger partial charge is 0.226 e. The second-order valence-corrected chi connectivity index (χ2v) is 6.95. The minimum Gasteiger partial charge on any atom is -0.493 e. The first-order valence-corrected chi connectivity index (χ1v) is 9.33. The third-order valence-corrected chi connectivity index (χ3v) is 5.22. The maximum Gasteiger partial charge on any atom is 0.226 e. The average molecular weight is 352 g/mol. The Bertz CT molecular complexity index is 764. The number of piperazine rings is 1. The fraction of sp³-hybridized carbons (Fsp3) is 0.409. The van der Waals surface area contributed by atoms with E-state index < -0.39 is 0 Å².